The first-order valence-corrected chi connectivity index (χ1v) is 10.3. The van der Waals surface area contributed by atoms with Crippen LogP contribution in [0.1, 0.15) is 49.8 Å². The summed E-state index contributed by atoms with van der Waals surface area (Å²) in [5.41, 5.74) is 2.66. The first-order chi connectivity index (χ1) is 13.5. The van der Waals surface area contributed by atoms with Gasteiger partial charge >= 0.3 is 0 Å². The lowest BCUT2D eigenvalue weighted by atomic mass is 9.92. The first-order valence-electron chi connectivity index (χ1n) is 10.3. The van der Waals surface area contributed by atoms with Crippen LogP contribution in [0.4, 0.5) is 4.39 Å². The molecule has 28 heavy (non-hydrogen) atoms. The molecule has 0 spiro atoms. The molecule has 6 heteroatoms. The maximum atomic E-state index is 13.7. The van der Waals surface area contributed by atoms with E-state index in [1.54, 1.807) is 6.07 Å². The number of rotatable bonds is 6. The van der Waals surface area contributed by atoms with Crippen LogP contribution in [-0.2, 0) is 16.0 Å². The van der Waals surface area contributed by atoms with Crippen molar-refractivity contribution in [3.05, 3.63) is 35.3 Å². The zero-order chi connectivity index (χ0) is 19.7. The molecule has 150 valence electrons. The number of piperidine rings is 1. The second kappa shape index (κ2) is 7.94. The van der Waals surface area contributed by atoms with Gasteiger partial charge in [0.05, 0.1) is 6.42 Å². The fourth-order valence-electron chi connectivity index (χ4n) is 4.24. The Morgan fingerprint density at radius 3 is 2.89 bits per heavy atom. The van der Waals surface area contributed by atoms with E-state index in [4.69, 9.17) is 0 Å². The number of benzene rings is 1. The highest BCUT2D eigenvalue weighted by Crippen LogP contribution is 2.26. The van der Waals surface area contributed by atoms with E-state index in [-0.39, 0.29) is 24.1 Å². The molecule has 1 aliphatic heterocycles. The standard InChI is InChI=1S/C22H28FN3O2/c1-14-18(19-11-16(23)5-8-20(19)24-14)12-22(28)26-10-2-3-15(13-26)4-9-21(27)25-17-6-7-17/h5,8,11,15,17,24H,2-4,6-7,9-10,12-13H2,1H3,(H,25,27). The fourth-order valence-corrected chi connectivity index (χ4v) is 4.24. The number of aryl methyl sites for hydroxylation is 1. The number of amides is 2. The summed E-state index contributed by atoms with van der Waals surface area (Å²) in [5, 5.41) is 3.82. The highest BCUT2D eigenvalue weighted by atomic mass is 19.1. The van der Waals surface area contributed by atoms with Gasteiger partial charge in [0.2, 0.25) is 11.8 Å². The van der Waals surface area contributed by atoms with Crippen molar-refractivity contribution in [3.8, 4) is 0 Å². The third-order valence-corrected chi connectivity index (χ3v) is 6.00. The maximum Gasteiger partial charge on any atom is 0.227 e. The SMILES string of the molecule is Cc1[nH]c2ccc(F)cc2c1CC(=O)N1CCCC(CCC(=O)NC2CC2)C1. The van der Waals surface area contributed by atoms with Crippen LogP contribution in [-0.4, -0.2) is 40.8 Å². The molecule has 1 aromatic carbocycles. The zero-order valence-corrected chi connectivity index (χ0v) is 16.4. The normalized spacial score (nSPS) is 19.8. The highest BCUT2D eigenvalue weighted by molar-refractivity contribution is 5.90. The van der Waals surface area contributed by atoms with Gasteiger partial charge in [0.15, 0.2) is 0 Å². The number of nitrogens with one attached hydrogen (secondary N) is 2. The summed E-state index contributed by atoms with van der Waals surface area (Å²) >= 11 is 0. The number of halogens is 1. The number of aromatic amines is 1. The Balaban J connectivity index is 1.36. The van der Waals surface area contributed by atoms with Crippen LogP contribution in [0.5, 0.6) is 0 Å². The molecule has 2 amide bonds. The van der Waals surface area contributed by atoms with E-state index in [2.05, 4.69) is 10.3 Å². The van der Waals surface area contributed by atoms with E-state index in [0.29, 0.717) is 24.9 Å². The summed E-state index contributed by atoms with van der Waals surface area (Å²) in [6.07, 6.45) is 5.91. The van der Waals surface area contributed by atoms with E-state index >= 15 is 0 Å². The third-order valence-electron chi connectivity index (χ3n) is 6.00. The molecule has 1 aliphatic carbocycles. The largest absolute Gasteiger partial charge is 0.358 e. The lowest BCUT2D eigenvalue weighted by Crippen LogP contribution is -2.41. The number of H-pyrrole nitrogens is 1. The van der Waals surface area contributed by atoms with E-state index in [0.717, 1.165) is 60.8 Å². The molecule has 2 aliphatic rings. The third kappa shape index (κ3) is 4.37. The topological polar surface area (TPSA) is 65.2 Å². The Hall–Kier alpha value is -2.37. The van der Waals surface area contributed by atoms with Crippen molar-refractivity contribution in [1.82, 2.24) is 15.2 Å². The molecule has 1 atom stereocenters. The number of nitrogens with zero attached hydrogens (tertiary/aromatic N) is 1. The minimum Gasteiger partial charge on any atom is -0.358 e. The number of hydrogen-bond acceptors (Lipinski definition) is 2. The van der Waals surface area contributed by atoms with E-state index < -0.39 is 0 Å². The lowest BCUT2D eigenvalue weighted by molar-refractivity contribution is -0.132. The number of aromatic nitrogens is 1. The molecule has 2 N–H and O–H groups in total. The molecule has 1 unspecified atom stereocenters. The maximum absolute atomic E-state index is 13.7. The van der Waals surface area contributed by atoms with Gasteiger partial charge in [-0.15, -0.1) is 0 Å². The number of likely N-dealkylation sites (tertiary alicyclic amines) is 1. The number of hydrogen-bond donors (Lipinski definition) is 2. The van der Waals surface area contributed by atoms with Gasteiger partial charge < -0.3 is 15.2 Å². The van der Waals surface area contributed by atoms with Crippen LogP contribution in [0.25, 0.3) is 10.9 Å². The van der Waals surface area contributed by atoms with Gasteiger partial charge in [-0.1, -0.05) is 0 Å². The smallest absolute Gasteiger partial charge is 0.227 e. The Kier molecular flexibility index (Phi) is 5.38. The Morgan fingerprint density at radius 2 is 2.11 bits per heavy atom. The van der Waals surface area contributed by atoms with Crippen LogP contribution < -0.4 is 5.32 Å². The summed E-state index contributed by atoms with van der Waals surface area (Å²) in [6, 6.07) is 5.05. The average molecular weight is 385 g/mol. The molecule has 2 fully saturated rings. The number of fused-ring (bicyclic) bond motifs is 1. The second-order valence-electron chi connectivity index (χ2n) is 8.32. The van der Waals surface area contributed by atoms with Crippen LogP contribution in [0.2, 0.25) is 0 Å². The molecular formula is C22H28FN3O2. The monoisotopic (exact) mass is 385 g/mol. The van der Waals surface area contributed by atoms with Crippen molar-refractivity contribution < 1.29 is 14.0 Å². The predicted molar refractivity (Wildman–Crippen MR) is 106 cm³/mol. The van der Waals surface area contributed by atoms with Gasteiger partial charge in [-0.05, 0) is 68.7 Å². The van der Waals surface area contributed by atoms with E-state index in [1.165, 1.54) is 12.1 Å². The van der Waals surface area contributed by atoms with Gasteiger partial charge in [0, 0.05) is 42.1 Å². The molecule has 1 aromatic heterocycles. The fraction of sp³-hybridized carbons (Fsp3) is 0.545. The Morgan fingerprint density at radius 1 is 1.29 bits per heavy atom. The van der Waals surface area contributed by atoms with Crippen LogP contribution in [0.15, 0.2) is 18.2 Å². The summed E-state index contributed by atoms with van der Waals surface area (Å²) in [7, 11) is 0. The molecular weight excluding hydrogens is 357 g/mol. The quantitative estimate of drug-likeness (QED) is 0.800. The Bertz CT molecular complexity index is 887. The van der Waals surface area contributed by atoms with Crippen molar-refractivity contribution in [2.24, 2.45) is 5.92 Å². The van der Waals surface area contributed by atoms with E-state index in [9.17, 15) is 14.0 Å². The highest BCUT2D eigenvalue weighted by Gasteiger charge is 2.27. The van der Waals surface area contributed by atoms with Gasteiger partial charge in [0.1, 0.15) is 5.82 Å². The van der Waals surface area contributed by atoms with Crippen molar-refractivity contribution in [2.45, 2.75) is 57.9 Å². The van der Waals surface area contributed by atoms with Crippen LogP contribution in [0, 0.1) is 18.7 Å². The van der Waals surface area contributed by atoms with Crippen molar-refractivity contribution >= 4 is 22.7 Å². The van der Waals surface area contributed by atoms with Crippen molar-refractivity contribution in [1.29, 1.82) is 0 Å². The molecule has 0 radical (unpaired) electrons. The Labute approximate surface area is 164 Å². The molecule has 0 bridgehead atoms. The average Bonchev–Trinajstić information content (AvgIpc) is 3.44. The van der Waals surface area contributed by atoms with E-state index in [1.807, 2.05) is 11.8 Å². The molecule has 2 aromatic rings. The molecule has 1 saturated heterocycles. The minimum atomic E-state index is -0.289. The summed E-state index contributed by atoms with van der Waals surface area (Å²) in [6.45, 7) is 3.41. The van der Waals surface area contributed by atoms with Crippen LogP contribution >= 0.6 is 0 Å². The van der Waals surface area contributed by atoms with Gasteiger partial charge in [-0.25, -0.2) is 4.39 Å². The zero-order valence-electron chi connectivity index (χ0n) is 16.4. The summed E-state index contributed by atoms with van der Waals surface area (Å²) in [5.74, 6) is 0.315. The summed E-state index contributed by atoms with van der Waals surface area (Å²) < 4.78 is 13.7. The van der Waals surface area contributed by atoms with Crippen LogP contribution in [0.3, 0.4) is 0 Å². The lowest BCUT2D eigenvalue weighted by Gasteiger charge is -2.33. The first kappa shape index (κ1) is 19.0. The molecule has 4 rings (SSSR count). The number of carbonyl (C=O) groups excluding carboxylic acids is 2. The van der Waals surface area contributed by atoms with Gasteiger partial charge in [-0.3, -0.25) is 9.59 Å². The van der Waals surface area contributed by atoms with Crippen molar-refractivity contribution in [3.63, 3.8) is 0 Å². The molecule has 1 saturated carbocycles. The minimum absolute atomic E-state index is 0.0837. The summed E-state index contributed by atoms with van der Waals surface area (Å²) in [4.78, 5) is 30.0. The molecule has 2 heterocycles. The number of carbonyl (C=O) groups is 2. The molecule has 5 nitrogen and oxygen atoms in total. The second-order valence-corrected chi connectivity index (χ2v) is 8.32. The van der Waals surface area contributed by atoms with Gasteiger partial charge in [0.25, 0.3) is 0 Å². The van der Waals surface area contributed by atoms with Gasteiger partial charge in [-0.2, -0.15) is 0 Å². The van der Waals surface area contributed by atoms with Crippen molar-refractivity contribution in [2.75, 3.05) is 13.1 Å². The predicted octanol–water partition coefficient (Wildman–Crippen LogP) is 3.46.